The zero-order valence-electron chi connectivity index (χ0n) is 19.6. The maximum absolute atomic E-state index is 13.4. The van der Waals surface area contributed by atoms with Gasteiger partial charge >= 0.3 is 0 Å². The highest BCUT2D eigenvalue weighted by atomic mass is 16.5. The molecule has 0 bridgehead atoms. The van der Waals surface area contributed by atoms with Gasteiger partial charge < -0.3 is 10.6 Å². The van der Waals surface area contributed by atoms with Gasteiger partial charge in [0.2, 0.25) is 17.7 Å². The zero-order chi connectivity index (χ0) is 25.3. The van der Waals surface area contributed by atoms with Crippen molar-refractivity contribution in [2.45, 2.75) is 32.1 Å². The molecule has 2 aromatic heterocycles. The average Bonchev–Trinajstić information content (AvgIpc) is 2.90. The van der Waals surface area contributed by atoms with Gasteiger partial charge in [0.1, 0.15) is 5.92 Å². The van der Waals surface area contributed by atoms with E-state index in [0.717, 1.165) is 10.8 Å². The van der Waals surface area contributed by atoms with Gasteiger partial charge in [0.15, 0.2) is 0 Å². The summed E-state index contributed by atoms with van der Waals surface area (Å²) in [6.45, 7) is 0. The van der Waals surface area contributed by atoms with Crippen molar-refractivity contribution in [2.24, 2.45) is 5.92 Å². The fourth-order valence-corrected chi connectivity index (χ4v) is 4.10. The van der Waals surface area contributed by atoms with Crippen molar-refractivity contribution in [3.8, 4) is 0 Å². The van der Waals surface area contributed by atoms with Crippen molar-refractivity contribution in [3.05, 3.63) is 73.1 Å². The highest BCUT2D eigenvalue weighted by Gasteiger charge is 2.27. The Morgan fingerprint density at radius 2 is 1.25 bits per heavy atom. The first-order valence-electron chi connectivity index (χ1n) is 11.8. The van der Waals surface area contributed by atoms with Crippen molar-refractivity contribution in [3.63, 3.8) is 0 Å². The maximum atomic E-state index is 13.4. The number of aromatic nitrogens is 2. The van der Waals surface area contributed by atoms with Crippen molar-refractivity contribution in [1.29, 1.82) is 0 Å². The molecule has 4 N–H and O–H groups in total. The first kappa shape index (κ1) is 24.7. The van der Waals surface area contributed by atoms with E-state index in [1.54, 1.807) is 30.0 Å². The largest absolute Gasteiger partial charge is 0.324 e. The minimum absolute atomic E-state index is 0.170. The van der Waals surface area contributed by atoms with Crippen LogP contribution < -0.4 is 16.1 Å². The van der Waals surface area contributed by atoms with Crippen LogP contribution in [0.3, 0.4) is 0 Å². The normalized spacial score (nSPS) is 10.9. The van der Waals surface area contributed by atoms with Crippen molar-refractivity contribution < 1.29 is 19.6 Å². The Labute approximate surface area is 207 Å². The highest BCUT2D eigenvalue weighted by molar-refractivity contribution is 6.14. The minimum Gasteiger partial charge on any atom is -0.324 e. The van der Waals surface area contributed by atoms with E-state index in [9.17, 15) is 14.4 Å². The highest BCUT2D eigenvalue weighted by Crippen LogP contribution is 2.25. The molecule has 184 valence electrons. The topological polar surface area (TPSA) is 133 Å². The van der Waals surface area contributed by atoms with E-state index in [0.29, 0.717) is 41.7 Å². The summed E-state index contributed by atoms with van der Waals surface area (Å²) in [7, 11) is 0. The summed E-state index contributed by atoms with van der Waals surface area (Å²) in [5.41, 5.74) is 3.94. The number of hydrogen-bond donors (Lipinski definition) is 4. The van der Waals surface area contributed by atoms with Gasteiger partial charge in [-0.05, 0) is 37.1 Å². The number of carbonyl (C=O) groups excluding carboxylic acids is 3. The Balaban J connectivity index is 1.52. The molecule has 0 saturated heterocycles. The lowest BCUT2D eigenvalue weighted by Crippen LogP contribution is -2.34. The number of unbranched alkanes of at least 4 members (excludes halogenated alkanes) is 2. The first-order chi connectivity index (χ1) is 17.6. The Kier molecular flexibility index (Phi) is 8.15. The molecule has 0 spiro atoms. The number of hydrogen-bond acceptors (Lipinski definition) is 6. The summed E-state index contributed by atoms with van der Waals surface area (Å²) < 4.78 is 0. The molecule has 9 nitrogen and oxygen atoms in total. The van der Waals surface area contributed by atoms with Gasteiger partial charge in [-0.1, -0.05) is 49.2 Å². The lowest BCUT2D eigenvalue weighted by molar-refractivity contribution is -0.130. The Bertz CT molecular complexity index is 1290. The number of carbonyl (C=O) groups is 3. The predicted octanol–water partition coefficient (Wildman–Crippen LogP) is 4.43. The molecule has 0 atom stereocenters. The summed E-state index contributed by atoms with van der Waals surface area (Å²) in [6, 6.07) is 18.4. The Morgan fingerprint density at radius 1 is 0.722 bits per heavy atom. The zero-order valence-corrected chi connectivity index (χ0v) is 19.6. The van der Waals surface area contributed by atoms with Crippen molar-refractivity contribution in [1.82, 2.24) is 15.4 Å². The lowest BCUT2D eigenvalue weighted by Gasteiger charge is -2.18. The molecule has 0 unspecified atom stereocenters. The second-order valence-electron chi connectivity index (χ2n) is 8.43. The molecule has 0 saturated carbocycles. The predicted molar refractivity (Wildman–Crippen MR) is 137 cm³/mol. The van der Waals surface area contributed by atoms with Gasteiger partial charge in [-0.15, -0.1) is 0 Å². The second-order valence-corrected chi connectivity index (χ2v) is 8.43. The molecule has 0 aliphatic rings. The third kappa shape index (κ3) is 6.00. The van der Waals surface area contributed by atoms with Crippen LogP contribution in [-0.2, 0) is 14.4 Å². The summed E-state index contributed by atoms with van der Waals surface area (Å²) >= 11 is 0. The summed E-state index contributed by atoms with van der Waals surface area (Å²) in [5, 5.41) is 16.2. The van der Waals surface area contributed by atoms with E-state index in [4.69, 9.17) is 5.21 Å². The number of nitrogens with one attached hydrogen (secondary N) is 3. The summed E-state index contributed by atoms with van der Waals surface area (Å²) in [4.78, 5) is 46.7. The number of para-hydroxylation sites is 2. The van der Waals surface area contributed by atoms with E-state index in [-0.39, 0.29) is 12.8 Å². The smallest absolute Gasteiger partial charge is 0.243 e. The lowest BCUT2D eigenvalue weighted by atomic mass is 9.98. The van der Waals surface area contributed by atoms with Crippen LogP contribution >= 0.6 is 0 Å². The SMILES string of the molecule is O=C(CCCCCC(C(=O)Nc1cccc2cccnc12)C(=O)Nc1cccc2cccnc12)NO. The molecule has 36 heavy (non-hydrogen) atoms. The Morgan fingerprint density at radius 3 is 1.78 bits per heavy atom. The molecular weight excluding hydrogens is 458 g/mol. The standard InChI is InChI=1S/C27H27N5O4/c33-23(32-36)15-3-1-2-12-20(26(34)30-21-13-4-8-18-10-6-16-28-24(18)21)27(35)31-22-14-5-9-19-11-7-17-29-25(19)22/h4-11,13-14,16-17,20,36H,1-3,12,15H2,(H,30,34)(H,31,35)(H,32,33). The van der Waals surface area contributed by atoms with E-state index in [1.807, 2.05) is 48.5 Å². The molecule has 3 amide bonds. The number of rotatable bonds is 10. The van der Waals surface area contributed by atoms with Gasteiger partial charge in [0, 0.05) is 29.6 Å². The summed E-state index contributed by atoms with van der Waals surface area (Å²) in [5.74, 6) is -2.32. The molecule has 0 aliphatic heterocycles. The fourth-order valence-electron chi connectivity index (χ4n) is 4.10. The van der Waals surface area contributed by atoms with Crippen LogP contribution in [0.4, 0.5) is 11.4 Å². The minimum atomic E-state index is -0.977. The van der Waals surface area contributed by atoms with Gasteiger partial charge in [-0.3, -0.25) is 29.6 Å². The second kappa shape index (κ2) is 11.9. The third-order valence-electron chi connectivity index (χ3n) is 5.94. The van der Waals surface area contributed by atoms with Crippen molar-refractivity contribution in [2.75, 3.05) is 10.6 Å². The number of anilines is 2. The number of pyridine rings is 2. The molecule has 0 aliphatic carbocycles. The number of fused-ring (bicyclic) bond motifs is 2. The Hall–Kier alpha value is -4.37. The van der Waals surface area contributed by atoms with Crippen LogP contribution in [0.25, 0.3) is 21.8 Å². The number of benzene rings is 2. The molecule has 0 radical (unpaired) electrons. The fraction of sp³-hybridized carbons (Fsp3) is 0.222. The van der Waals surface area contributed by atoms with Gasteiger partial charge in [0.05, 0.1) is 22.4 Å². The van der Waals surface area contributed by atoms with Gasteiger partial charge in [0.25, 0.3) is 0 Å². The molecule has 4 rings (SSSR count). The van der Waals surface area contributed by atoms with E-state index < -0.39 is 23.6 Å². The van der Waals surface area contributed by atoms with E-state index in [1.165, 1.54) is 0 Å². The molecule has 4 aromatic rings. The first-order valence-corrected chi connectivity index (χ1v) is 11.8. The van der Waals surface area contributed by atoms with Crippen LogP contribution in [0, 0.1) is 5.92 Å². The molecule has 2 heterocycles. The quantitative estimate of drug-likeness (QED) is 0.114. The van der Waals surface area contributed by atoms with Crippen LogP contribution in [-0.4, -0.2) is 32.9 Å². The van der Waals surface area contributed by atoms with Crippen LogP contribution in [0.1, 0.15) is 32.1 Å². The number of hydroxylamine groups is 1. The van der Waals surface area contributed by atoms with E-state index in [2.05, 4.69) is 20.6 Å². The monoisotopic (exact) mass is 485 g/mol. The molecule has 2 aromatic carbocycles. The molecule has 9 heteroatoms. The summed E-state index contributed by atoms with van der Waals surface area (Å²) in [6.07, 6.45) is 5.46. The number of amides is 3. The molecular formula is C27H27N5O4. The van der Waals surface area contributed by atoms with Crippen LogP contribution in [0.2, 0.25) is 0 Å². The van der Waals surface area contributed by atoms with Gasteiger partial charge in [-0.2, -0.15) is 0 Å². The van der Waals surface area contributed by atoms with Crippen LogP contribution in [0.15, 0.2) is 73.1 Å². The van der Waals surface area contributed by atoms with Crippen LogP contribution in [0.5, 0.6) is 0 Å². The maximum Gasteiger partial charge on any atom is 0.243 e. The van der Waals surface area contributed by atoms with Gasteiger partial charge in [-0.25, -0.2) is 5.48 Å². The molecule has 0 fully saturated rings. The number of nitrogens with zero attached hydrogens (tertiary/aromatic N) is 2. The van der Waals surface area contributed by atoms with E-state index >= 15 is 0 Å². The third-order valence-corrected chi connectivity index (χ3v) is 5.94. The average molecular weight is 486 g/mol. The van der Waals surface area contributed by atoms with Crippen molar-refractivity contribution >= 4 is 50.9 Å².